The van der Waals surface area contributed by atoms with Gasteiger partial charge in [0.25, 0.3) is 11.5 Å². The highest BCUT2D eigenvalue weighted by molar-refractivity contribution is 6.30. The molecule has 3 rings (SSSR count). The molecule has 0 saturated carbocycles. The molecule has 2 aromatic heterocycles. The number of carbonyl (C=O) groups excluding carboxylic acids is 1. The Labute approximate surface area is 168 Å². The topological polar surface area (TPSA) is 92.2 Å². The van der Waals surface area contributed by atoms with Crippen LogP contribution >= 0.6 is 11.6 Å². The number of nitrogens with one attached hydrogen (secondary N) is 2. The van der Waals surface area contributed by atoms with Crippen molar-refractivity contribution < 1.29 is 9.53 Å². The Bertz CT molecular complexity index is 894. The number of rotatable bonds is 6. The summed E-state index contributed by atoms with van der Waals surface area (Å²) in [5.74, 6) is -0.0792. The standard InChI is InChI=1S/C19H26ClN5O3/c1-4-13-17(20)23-18(21-13)19(27)22-14-7-9-25(11-15(14)28-5-2)12-6-8-24(3)16(26)10-12/h6,8,10,14-15H,4-5,7,9,11H2,1-3H3,(H,21,23)(H,22,27)/t14-,15+/m0/s1. The maximum Gasteiger partial charge on any atom is 0.287 e. The molecule has 0 unspecified atom stereocenters. The number of halogens is 1. The van der Waals surface area contributed by atoms with Crippen molar-refractivity contribution in [3.63, 3.8) is 0 Å². The van der Waals surface area contributed by atoms with Gasteiger partial charge in [-0.05, 0) is 25.8 Å². The Kier molecular flexibility index (Phi) is 6.41. The zero-order chi connectivity index (χ0) is 20.3. The van der Waals surface area contributed by atoms with Crippen LogP contribution in [0.15, 0.2) is 23.1 Å². The van der Waals surface area contributed by atoms with Gasteiger partial charge in [-0.3, -0.25) is 9.59 Å². The SMILES string of the molecule is CCO[C@@H]1CN(c2ccn(C)c(=O)c2)CC[C@@H]1NC(=O)c1nc(Cl)c(CC)[nH]1. The van der Waals surface area contributed by atoms with Crippen LogP contribution in [0.4, 0.5) is 5.69 Å². The smallest absolute Gasteiger partial charge is 0.287 e. The Balaban J connectivity index is 1.70. The van der Waals surface area contributed by atoms with Gasteiger partial charge in [-0.1, -0.05) is 18.5 Å². The summed E-state index contributed by atoms with van der Waals surface area (Å²) in [6.07, 6.45) is 2.94. The molecule has 0 radical (unpaired) electrons. The average Bonchev–Trinajstić information content (AvgIpc) is 3.06. The number of piperidine rings is 1. The van der Waals surface area contributed by atoms with Crippen molar-refractivity contribution >= 4 is 23.2 Å². The Morgan fingerprint density at radius 1 is 1.46 bits per heavy atom. The number of ether oxygens (including phenoxy) is 1. The van der Waals surface area contributed by atoms with E-state index in [9.17, 15) is 9.59 Å². The first-order valence-electron chi connectivity index (χ1n) is 9.51. The third kappa shape index (κ3) is 4.39. The molecular weight excluding hydrogens is 382 g/mol. The zero-order valence-corrected chi connectivity index (χ0v) is 17.1. The van der Waals surface area contributed by atoms with Crippen molar-refractivity contribution in [2.75, 3.05) is 24.6 Å². The molecule has 0 bridgehead atoms. The highest BCUT2D eigenvalue weighted by Crippen LogP contribution is 2.21. The van der Waals surface area contributed by atoms with Crippen molar-refractivity contribution in [2.45, 2.75) is 38.8 Å². The van der Waals surface area contributed by atoms with Gasteiger partial charge < -0.3 is 24.5 Å². The number of imidazole rings is 1. The van der Waals surface area contributed by atoms with Crippen LogP contribution < -0.4 is 15.8 Å². The van der Waals surface area contributed by atoms with Crippen molar-refractivity contribution in [1.82, 2.24) is 19.9 Å². The van der Waals surface area contributed by atoms with E-state index in [2.05, 4.69) is 20.2 Å². The number of H-pyrrole nitrogens is 1. The molecule has 28 heavy (non-hydrogen) atoms. The van der Waals surface area contributed by atoms with E-state index >= 15 is 0 Å². The highest BCUT2D eigenvalue weighted by atomic mass is 35.5. The minimum atomic E-state index is -0.293. The minimum Gasteiger partial charge on any atom is -0.375 e. The van der Waals surface area contributed by atoms with Gasteiger partial charge in [0.05, 0.1) is 17.8 Å². The Morgan fingerprint density at radius 3 is 2.89 bits per heavy atom. The highest BCUT2D eigenvalue weighted by Gasteiger charge is 2.32. The van der Waals surface area contributed by atoms with Gasteiger partial charge in [0.1, 0.15) is 0 Å². The summed E-state index contributed by atoms with van der Waals surface area (Å²) >= 11 is 6.04. The fourth-order valence-electron chi connectivity index (χ4n) is 3.40. The van der Waals surface area contributed by atoms with E-state index in [1.165, 1.54) is 4.57 Å². The van der Waals surface area contributed by atoms with E-state index in [-0.39, 0.29) is 29.4 Å². The number of carbonyl (C=O) groups is 1. The summed E-state index contributed by atoms with van der Waals surface area (Å²) < 4.78 is 7.43. The molecule has 0 aliphatic carbocycles. The normalized spacial score (nSPS) is 19.6. The summed E-state index contributed by atoms with van der Waals surface area (Å²) in [5.41, 5.74) is 1.55. The quantitative estimate of drug-likeness (QED) is 0.760. The van der Waals surface area contributed by atoms with Gasteiger partial charge in [-0.25, -0.2) is 4.98 Å². The maximum absolute atomic E-state index is 12.6. The van der Waals surface area contributed by atoms with Gasteiger partial charge in [0.2, 0.25) is 0 Å². The molecule has 152 valence electrons. The van der Waals surface area contributed by atoms with Crippen LogP contribution in [0.5, 0.6) is 0 Å². The number of hydrogen-bond donors (Lipinski definition) is 2. The summed E-state index contributed by atoms with van der Waals surface area (Å²) in [6.45, 7) is 5.70. The lowest BCUT2D eigenvalue weighted by Crippen LogP contribution is -2.55. The van der Waals surface area contributed by atoms with Gasteiger partial charge >= 0.3 is 0 Å². The summed E-state index contributed by atoms with van der Waals surface area (Å²) in [4.78, 5) is 33.7. The molecule has 8 nitrogen and oxygen atoms in total. The average molecular weight is 408 g/mol. The van der Waals surface area contributed by atoms with E-state index in [0.29, 0.717) is 37.7 Å². The predicted octanol–water partition coefficient (Wildman–Crippen LogP) is 1.74. The molecule has 1 aliphatic heterocycles. The van der Waals surface area contributed by atoms with E-state index in [0.717, 1.165) is 11.4 Å². The third-order valence-corrected chi connectivity index (χ3v) is 5.32. The number of aromatic nitrogens is 3. The second-order valence-corrected chi connectivity index (χ2v) is 7.21. The van der Waals surface area contributed by atoms with Crippen molar-refractivity contribution in [1.29, 1.82) is 0 Å². The fourth-order valence-corrected chi connectivity index (χ4v) is 3.67. The zero-order valence-electron chi connectivity index (χ0n) is 16.4. The molecule has 2 aromatic rings. The summed E-state index contributed by atoms with van der Waals surface area (Å²) in [5, 5.41) is 3.35. The second kappa shape index (κ2) is 8.79. The lowest BCUT2D eigenvalue weighted by Gasteiger charge is -2.39. The molecule has 1 amide bonds. The van der Waals surface area contributed by atoms with Gasteiger partial charge in [0.15, 0.2) is 11.0 Å². The van der Waals surface area contributed by atoms with Crippen molar-refractivity contribution in [3.8, 4) is 0 Å². The molecule has 2 atom stereocenters. The molecule has 9 heteroatoms. The minimum absolute atomic E-state index is 0.0534. The first kappa shape index (κ1) is 20.4. The van der Waals surface area contributed by atoms with Gasteiger partial charge in [0, 0.05) is 44.7 Å². The molecule has 1 fully saturated rings. The number of aryl methyl sites for hydroxylation is 2. The van der Waals surface area contributed by atoms with E-state index in [1.807, 2.05) is 19.9 Å². The van der Waals surface area contributed by atoms with Crippen molar-refractivity contribution in [2.24, 2.45) is 7.05 Å². The molecule has 1 aliphatic rings. The number of hydrogen-bond acceptors (Lipinski definition) is 5. The van der Waals surface area contributed by atoms with E-state index in [1.54, 1.807) is 19.3 Å². The molecule has 0 spiro atoms. The predicted molar refractivity (Wildman–Crippen MR) is 108 cm³/mol. The molecule has 2 N–H and O–H groups in total. The number of amides is 1. The fraction of sp³-hybridized carbons (Fsp3) is 0.526. The van der Waals surface area contributed by atoms with Crippen LogP contribution in [0.1, 0.15) is 36.6 Å². The number of anilines is 1. The van der Waals surface area contributed by atoms with Crippen LogP contribution in [0, 0.1) is 0 Å². The van der Waals surface area contributed by atoms with Crippen LogP contribution in [0.3, 0.4) is 0 Å². The first-order valence-corrected chi connectivity index (χ1v) is 9.89. The van der Waals surface area contributed by atoms with Gasteiger partial charge in [-0.2, -0.15) is 0 Å². The van der Waals surface area contributed by atoms with Crippen LogP contribution in [-0.2, 0) is 18.2 Å². The lowest BCUT2D eigenvalue weighted by atomic mass is 10.0. The first-order chi connectivity index (χ1) is 13.4. The molecule has 1 saturated heterocycles. The second-order valence-electron chi connectivity index (χ2n) is 6.85. The van der Waals surface area contributed by atoms with E-state index < -0.39 is 0 Å². The Morgan fingerprint density at radius 2 is 2.25 bits per heavy atom. The van der Waals surface area contributed by atoms with Crippen molar-refractivity contribution in [3.05, 3.63) is 45.4 Å². The van der Waals surface area contributed by atoms with Crippen LogP contribution in [0.25, 0.3) is 0 Å². The maximum atomic E-state index is 12.6. The third-order valence-electron chi connectivity index (χ3n) is 5.01. The molecular formula is C19H26ClN5O3. The molecule has 0 aromatic carbocycles. The largest absolute Gasteiger partial charge is 0.375 e. The summed E-state index contributed by atoms with van der Waals surface area (Å²) in [7, 11) is 1.72. The Hall–Kier alpha value is -2.32. The van der Waals surface area contributed by atoms with Crippen LogP contribution in [0.2, 0.25) is 5.15 Å². The number of pyridine rings is 1. The number of aromatic amines is 1. The molecule has 3 heterocycles. The lowest BCUT2D eigenvalue weighted by molar-refractivity contribution is 0.0271. The van der Waals surface area contributed by atoms with Gasteiger partial charge in [-0.15, -0.1) is 0 Å². The number of nitrogens with zero attached hydrogens (tertiary/aromatic N) is 3. The van der Waals surface area contributed by atoms with E-state index in [4.69, 9.17) is 16.3 Å². The summed E-state index contributed by atoms with van der Waals surface area (Å²) in [6, 6.07) is 3.39. The monoisotopic (exact) mass is 407 g/mol. The van der Waals surface area contributed by atoms with Crippen LogP contribution in [-0.4, -0.2) is 52.3 Å².